The number of thioether (sulfide) groups is 1. The van der Waals surface area contributed by atoms with Gasteiger partial charge in [-0.3, -0.25) is 4.79 Å². The van der Waals surface area contributed by atoms with Crippen LogP contribution in [0.5, 0.6) is 0 Å². The molecule has 4 nitrogen and oxygen atoms in total. The zero-order valence-corrected chi connectivity index (χ0v) is 12.8. The minimum absolute atomic E-state index is 0.0622. The summed E-state index contributed by atoms with van der Waals surface area (Å²) >= 11 is 5.12. The van der Waals surface area contributed by atoms with Gasteiger partial charge in [0.25, 0.3) is 0 Å². The zero-order chi connectivity index (χ0) is 13.7. The van der Waals surface area contributed by atoms with Crippen LogP contribution in [-0.4, -0.2) is 16.8 Å². The second-order valence-electron chi connectivity index (χ2n) is 3.90. The summed E-state index contributed by atoms with van der Waals surface area (Å²) in [4.78, 5) is 12.8. The highest BCUT2D eigenvalue weighted by Gasteiger charge is 2.07. The van der Waals surface area contributed by atoms with Crippen molar-refractivity contribution in [1.82, 2.24) is 5.16 Å². The third kappa shape index (κ3) is 4.40. The van der Waals surface area contributed by atoms with Crippen molar-refractivity contribution in [1.29, 1.82) is 0 Å². The van der Waals surface area contributed by atoms with Crippen LogP contribution in [0.4, 0.5) is 5.82 Å². The van der Waals surface area contributed by atoms with Crippen molar-refractivity contribution in [2.45, 2.75) is 18.2 Å². The molecule has 0 saturated heterocycles. The van der Waals surface area contributed by atoms with E-state index in [4.69, 9.17) is 4.52 Å². The largest absolute Gasteiger partial charge is 0.360 e. The van der Waals surface area contributed by atoms with Crippen LogP contribution in [0.3, 0.4) is 0 Å². The standard InChI is InChI=1S/C13H13BrN2O2S/c1-9-8-12(16-18-9)15-13(17)6-7-19-11-5-3-2-4-10(11)14/h2-5,8H,6-7H2,1H3,(H,15,16,17). The average molecular weight is 341 g/mol. The molecule has 1 amide bonds. The molecule has 6 heteroatoms. The van der Waals surface area contributed by atoms with Crippen LogP contribution in [-0.2, 0) is 4.79 Å². The molecule has 0 aliphatic heterocycles. The van der Waals surface area contributed by atoms with Crippen molar-refractivity contribution >= 4 is 39.4 Å². The van der Waals surface area contributed by atoms with Crippen molar-refractivity contribution < 1.29 is 9.32 Å². The summed E-state index contributed by atoms with van der Waals surface area (Å²) < 4.78 is 5.93. The lowest BCUT2D eigenvalue weighted by molar-refractivity contribution is -0.115. The lowest BCUT2D eigenvalue weighted by Crippen LogP contribution is -2.12. The number of carbonyl (C=O) groups is 1. The number of nitrogens with zero attached hydrogens (tertiary/aromatic N) is 1. The van der Waals surface area contributed by atoms with Crippen molar-refractivity contribution in [3.05, 3.63) is 40.6 Å². The Morgan fingerprint density at radius 2 is 2.26 bits per heavy atom. The number of hydrogen-bond donors (Lipinski definition) is 1. The van der Waals surface area contributed by atoms with Gasteiger partial charge >= 0.3 is 0 Å². The number of nitrogens with one attached hydrogen (secondary N) is 1. The van der Waals surface area contributed by atoms with E-state index in [0.29, 0.717) is 23.8 Å². The van der Waals surface area contributed by atoms with Crippen LogP contribution >= 0.6 is 27.7 Å². The van der Waals surface area contributed by atoms with Gasteiger partial charge in [0.15, 0.2) is 5.82 Å². The van der Waals surface area contributed by atoms with Gasteiger partial charge in [0, 0.05) is 27.6 Å². The van der Waals surface area contributed by atoms with Crippen LogP contribution in [0.15, 0.2) is 44.2 Å². The first-order chi connectivity index (χ1) is 9.15. The molecular formula is C13H13BrN2O2S. The Morgan fingerprint density at radius 1 is 1.47 bits per heavy atom. The van der Waals surface area contributed by atoms with Gasteiger partial charge in [0.1, 0.15) is 5.76 Å². The van der Waals surface area contributed by atoms with Crippen molar-refractivity contribution in [2.75, 3.05) is 11.1 Å². The van der Waals surface area contributed by atoms with E-state index in [-0.39, 0.29) is 5.91 Å². The molecule has 1 aromatic carbocycles. The fraction of sp³-hybridized carbons (Fsp3) is 0.231. The van der Waals surface area contributed by atoms with Crippen molar-refractivity contribution in [2.24, 2.45) is 0 Å². The number of halogens is 1. The van der Waals surface area contributed by atoms with E-state index in [9.17, 15) is 4.79 Å². The Kier molecular flexibility index (Phi) is 5.04. The van der Waals surface area contributed by atoms with Crippen LogP contribution in [0.25, 0.3) is 0 Å². The smallest absolute Gasteiger partial charge is 0.226 e. The van der Waals surface area contributed by atoms with E-state index in [2.05, 4.69) is 26.4 Å². The molecular weight excluding hydrogens is 328 g/mol. The van der Waals surface area contributed by atoms with Crippen molar-refractivity contribution in [3.63, 3.8) is 0 Å². The Balaban J connectivity index is 1.77. The highest BCUT2D eigenvalue weighted by Crippen LogP contribution is 2.27. The normalized spacial score (nSPS) is 10.4. The van der Waals surface area contributed by atoms with Crippen LogP contribution < -0.4 is 5.32 Å². The van der Waals surface area contributed by atoms with Gasteiger partial charge in [-0.2, -0.15) is 0 Å². The number of aromatic nitrogens is 1. The number of aryl methyl sites for hydroxylation is 1. The molecule has 0 unspecified atom stereocenters. The summed E-state index contributed by atoms with van der Waals surface area (Å²) in [5.41, 5.74) is 0. The average Bonchev–Trinajstić information content (AvgIpc) is 2.77. The zero-order valence-electron chi connectivity index (χ0n) is 10.4. The Hall–Kier alpha value is -1.27. The van der Waals surface area contributed by atoms with E-state index in [1.54, 1.807) is 24.8 Å². The van der Waals surface area contributed by atoms with E-state index >= 15 is 0 Å². The summed E-state index contributed by atoms with van der Waals surface area (Å²) in [5, 5.41) is 6.41. The van der Waals surface area contributed by atoms with Gasteiger partial charge < -0.3 is 9.84 Å². The number of amides is 1. The summed E-state index contributed by atoms with van der Waals surface area (Å²) in [5.74, 6) is 1.80. The molecule has 1 N–H and O–H groups in total. The SMILES string of the molecule is Cc1cc(NC(=O)CCSc2ccccc2Br)no1. The highest BCUT2D eigenvalue weighted by molar-refractivity contribution is 9.10. The fourth-order valence-corrected chi connectivity index (χ4v) is 2.96. The van der Waals surface area contributed by atoms with E-state index < -0.39 is 0 Å². The Bertz CT molecular complexity index is 571. The van der Waals surface area contributed by atoms with E-state index in [0.717, 1.165) is 9.37 Å². The molecule has 100 valence electrons. The maximum absolute atomic E-state index is 11.7. The van der Waals surface area contributed by atoms with Gasteiger partial charge in [-0.05, 0) is 35.0 Å². The molecule has 0 bridgehead atoms. The molecule has 0 saturated carbocycles. The monoisotopic (exact) mass is 340 g/mol. The van der Waals surface area contributed by atoms with E-state index in [1.165, 1.54) is 0 Å². The van der Waals surface area contributed by atoms with Gasteiger partial charge in [-0.25, -0.2) is 0 Å². The molecule has 1 heterocycles. The quantitative estimate of drug-likeness (QED) is 0.839. The molecule has 19 heavy (non-hydrogen) atoms. The topological polar surface area (TPSA) is 55.1 Å². The lowest BCUT2D eigenvalue weighted by atomic mass is 10.4. The van der Waals surface area contributed by atoms with Crippen LogP contribution in [0, 0.1) is 6.92 Å². The maximum Gasteiger partial charge on any atom is 0.226 e. The first kappa shape index (κ1) is 14.1. The molecule has 1 aromatic heterocycles. The van der Waals surface area contributed by atoms with Gasteiger partial charge in [-0.1, -0.05) is 17.3 Å². The second kappa shape index (κ2) is 6.77. The van der Waals surface area contributed by atoms with Gasteiger partial charge in [-0.15, -0.1) is 11.8 Å². The predicted molar refractivity (Wildman–Crippen MR) is 79.4 cm³/mol. The Morgan fingerprint density at radius 3 is 2.95 bits per heavy atom. The third-order valence-electron chi connectivity index (χ3n) is 2.32. The molecule has 0 radical (unpaired) electrons. The predicted octanol–water partition coefficient (Wildman–Crippen LogP) is 3.87. The molecule has 0 spiro atoms. The second-order valence-corrected chi connectivity index (χ2v) is 5.89. The van der Waals surface area contributed by atoms with Crippen molar-refractivity contribution in [3.8, 4) is 0 Å². The fourth-order valence-electron chi connectivity index (χ4n) is 1.45. The first-order valence-electron chi connectivity index (χ1n) is 5.75. The van der Waals surface area contributed by atoms with Gasteiger partial charge in [0.2, 0.25) is 5.91 Å². The summed E-state index contributed by atoms with van der Waals surface area (Å²) in [6.07, 6.45) is 0.428. The minimum atomic E-state index is -0.0622. The highest BCUT2D eigenvalue weighted by atomic mass is 79.9. The third-order valence-corrected chi connectivity index (χ3v) is 4.35. The summed E-state index contributed by atoms with van der Waals surface area (Å²) in [6, 6.07) is 9.64. The summed E-state index contributed by atoms with van der Waals surface area (Å²) in [6.45, 7) is 1.78. The molecule has 0 aliphatic carbocycles. The molecule has 0 aliphatic rings. The number of benzene rings is 1. The molecule has 2 rings (SSSR count). The number of rotatable bonds is 5. The first-order valence-corrected chi connectivity index (χ1v) is 7.53. The number of carbonyl (C=O) groups excluding carboxylic acids is 1. The molecule has 0 atom stereocenters. The number of anilines is 1. The number of hydrogen-bond acceptors (Lipinski definition) is 4. The molecule has 0 fully saturated rings. The van der Waals surface area contributed by atoms with E-state index in [1.807, 2.05) is 24.3 Å². The summed E-state index contributed by atoms with van der Waals surface area (Å²) in [7, 11) is 0. The Labute approximate surface area is 124 Å². The minimum Gasteiger partial charge on any atom is -0.360 e. The van der Waals surface area contributed by atoms with Gasteiger partial charge in [0.05, 0.1) is 0 Å². The maximum atomic E-state index is 11.7. The lowest BCUT2D eigenvalue weighted by Gasteiger charge is -2.04. The molecule has 2 aromatic rings. The van der Waals surface area contributed by atoms with Crippen LogP contribution in [0.1, 0.15) is 12.2 Å². The van der Waals surface area contributed by atoms with Crippen LogP contribution in [0.2, 0.25) is 0 Å².